The summed E-state index contributed by atoms with van der Waals surface area (Å²) >= 11 is 0. The van der Waals surface area contributed by atoms with Crippen LogP contribution in [0, 0.1) is 11.3 Å². The van der Waals surface area contributed by atoms with Crippen LogP contribution >= 0.6 is 0 Å². The molecule has 0 aliphatic carbocycles. The van der Waals surface area contributed by atoms with E-state index in [2.05, 4.69) is 10.6 Å². The highest BCUT2D eigenvalue weighted by atomic mass is 16.5. The van der Waals surface area contributed by atoms with Crippen molar-refractivity contribution in [2.24, 2.45) is 0 Å². The van der Waals surface area contributed by atoms with E-state index >= 15 is 0 Å². The third-order valence-corrected chi connectivity index (χ3v) is 3.73. The molecule has 122 valence electrons. The van der Waals surface area contributed by atoms with E-state index in [4.69, 9.17) is 20.7 Å². The molecule has 0 atom stereocenters. The van der Waals surface area contributed by atoms with E-state index in [1.807, 2.05) is 56.3 Å². The van der Waals surface area contributed by atoms with E-state index in [9.17, 15) is 0 Å². The molecule has 0 unspecified atom stereocenters. The number of ether oxygens (including phenoxy) is 1. The smallest absolute Gasteiger partial charge is 0.142 e. The van der Waals surface area contributed by atoms with Gasteiger partial charge in [0.05, 0.1) is 35.3 Å². The van der Waals surface area contributed by atoms with Gasteiger partial charge in [0.1, 0.15) is 11.6 Å². The molecular weight excluding hydrogens is 300 g/mol. The topological polar surface area (TPSA) is 76.9 Å². The Labute approximate surface area is 141 Å². The molecule has 0 bridgehead atoms. The van der Waals surface area contributed by atoms with Gasteiger partial charge in [0.2, 0.25) is 0 Å². The molecule has 0 aliphatic heterocycles. The lowest BCUT2D eigenvalue weighted by molar-refractivity contribution is 0.244. The monoisotopic (exact) mass is 320 g/mol. The second kappa shape index (κ2) is 6.63. The Bertz CT molecular complexity index is 905. The number of rotatable bonds is 5. The zero-order valence-corrected chi connectivity index (χ0v) is 13.9. The second-order valence-electron chi connectivity index (χ2n) is 5.90. The van der Waals surface area contributed by atoms with Crippen molar-refractivity contribution >= 4 is 16.7 Å². The number of nitriles is 1. The Kier molecular flexibility index (Phi) is 4.39. The molecule has 1 aromatic heterocycles. The van der Waals surface area contributed by atoms with Gasteiger partial charge in [-0.1, -0.05) is 12.1 Å². The maximum absolute atomic E-state index is 8.94. The first kappa shape index (κ1) is 15.9. The molecule has 0 saturated carbocycles. The molecule has 1 heterocycles. The maximum Gasteiger partial charge on any atom is 0.142 e. The third-order valence-electron chi connectivity index (χ3n) is 3.73. The minimum Gasteiger partial charge on any atom is -0.489 e. The average molecular weight is 320 g/mol. The van der Waals surface area contributed by atoms with Crippen molar-refractivity contribution in [3.8, 4) is 23.2 Å². The van der Waals surface area contributed by atoms with Crippen LogP contribution < -0.4 is 10.5 Å². The lowest BCUT2D eigenvalue weighted by atomic mass is 10.1. The Morgan fingerprint density at radius 1 is 1.25 bits per heavy atom. The summed E-state index contributed by atoms with van der Waals surface area (Å²) in [6.07, 6.45) is 0.496. The van der Waals surface area contributed by atoms with Gasteiger partial charge in [-0.25, -0.2) is 4.98 Å². The Hall–Kier alpha value is -3.00. The fraction of sp³-hybridized carbons (Fsp3) is 0.263. The Morgan fingerprint density at radius 2 is 2.04 bits per heavy atom. The zero-order valence-electron chi connectivity index (χ0n) is 13.9. The summed E-state index contributed by atoms with van der Waals surface area (Å²) < 4.78 is 7.76. The molecule has 2 N–H and O–H groups in total. The fourth-order valence-corrected chi connectivity index (χ4v) is 2.73. The van der Waals surface area contributed by atoms with Crippen molar-refractivity contribution in [1.29, 1.82) is 5.26 Å². The van der Waals surface area contributed by atoms with Crippen molar-refractivity contribution in [3.05, 3.63) is 42.5 Å². The van der Waals surface area contributed by atoms with Gasteiger partial charge in [0, 0.05) is 12.1 Å². The number of nitrogen functional groups attached to an aromatic ring is 1. The van der Waals surface area contributed by atoms with Crippen LogP contribution in [0.1, 0.15) is 20.3 Å². The van der Waals surface area contributed by atoms with Gasteiger partial charge in [0.25, 0.3) is 0 Å². The van der Waals surface area contributed by atoms with Crippen LogP contribution in [0.4, 0.5) is 5.69 Å². The van der Waals surface area contributed by atoms with Gasteiger partial charge in [-0.05, 0) is 44.2 Å². The van der Waals surface area contributed by atoms with Gasteiger partial charge in [-0.3, -0.25) is 0 Å². The lowest BCUT2D eigenvalue weighted by Gasteiger charge is -2.13. The number of hydrogen-bond donors (Lipinski definition) is 1. The highest BCUT2D eigenvalue weighted by molar-refractivity contribution is 5.81. The standard InChI is InChI=1S/C19H20N4O/c1-13(2)24-18-9-8-14(12-15(18)21)19-22-16-6-3-4-7-17(16)23(19)11-5-10-20/h3-4,6-9,12-13H,5,11,21H2,1-2H3. The highest BCUT2D eigenvalue weighted by Gasteiger charge is 2.14. The summed E-state index contributed by atoms with van der Waals surface area (Å²) in [5.74, 6) is 1.49. The van der Waals surface area contributed by atoms with Crippen molar-refractivity contribution in [3.63, 3.8) is 0 Å². The lowest BCUT2D eigenvalue weighted by Crippen LogP contribution is -2.07. The van der Waals surface area contributed by atoms with Crippen LogP contribution in [0.5, 0.6) is 5.75 Å². The van der Waals surface area contributed by atoms with Crippen LogP contribution in [-0.4, -0.2) is 15.7 Å². The summed E-state index contributed by atoms with van der Waals surface area (Å²) in [6.45, 7) is 4.53. The molecule has 24 heavy (non-hydrogen) atoms. The molecule has 0 aliphatic rings. The quantitative estimate of drug-likeness (QED) is 0.721. The summed E-state index contributed by atoms with van der Waals surface area (Å²) in [5, 5.41) is 8.94. The number of aromatic nitrogens is 2. The van der Waals surface area contributed by atoms with E-state index in [1.165, 1.54) is 0 Å². The number of para-hydroxylation sites is 2. The maximum atomic E-state index is 8.94. The Morgan fingerprint density at radius 3 is 2.75 bits per heavy atom. The molecular formula is C19H20N4O. The molecule has 0 fully saturated rings. The molecule has 2 aromatic carbocycles. The van der Waals surface area contributed by atoms with Crippen molar-refractivity contribution in [1.82, 2.24) is 9.55 Å². The summed E-state index contributed by atoms with van der Waals surface area (Å²) in [4.78, 5) is 4.72. The van der Waals surface area contributed by atoms with Crippen molar-refractivity contribution in [2.75, 3.05) is 5.73 Å². The highest BCUT2D eigenvalue weighted by Crippen LogP contribution is 2.31. The van der Waals surface area contributed by atoms with Crippen LogP contribution in [0.25, 0.3) is 22.4 Å². The van der Waals surface area contributed by atoms with E-state index < -0.39 is 0 Å². The first-order chi connectivity index (χ1) is 11.6. The fourth-order valence-electron chi connectivity index (χ4n) is 2.73. The van der Waals surface area contributed by atoms with Gasteiger partial charge in [-0.2, -0.15) is 5.26 Å². The van der Waals surface area contributed by atoms with Crippen LogP contribution in [0.15, 0.2) is 42.5 Å². The molecule has 5 nitrogen and oxygen atoms in total. The number of aryl methyl sites for hydroxylation is 1. The first-order valence-corrected chi connectivity index (χ1v) is 7.99. The predicted molar refractivity (Wildman–Crippen MR) is 95.6 cm³/mol. The number of imidazole rings is 1. The minimum atomic E-state index is 0.0679. The zero-order chi connectivity index (χ0) is 17.1. The summed E-state index contributed by atoms with van der Waals surface area (Å²) in [5.41, 5.74) is 9.56. The average Bonchev–Trinajstić information content (AvgIpc) is 2.93. The number of nitrogens with zero attached hydrogens (tertiary/aromatic N) is 3. The molecule has 0 amide bonds. The second-order valence-corrected chi connectivity index (χ2v) is 5.90. The molecule has 0 spiro atoms. The van der Waals surface area contributed by atoms with Crippen LogP contribution in [0.3, 0.4) is 0 Å². The number of benzene rings is 2. The Balaban J connectivity index is 2.08. The number of hydrogen-bond acceptors (Lipinski definition) is 4. The molecule has 3 aromatic rings. The largest absolute Gasteiger partial charge is 0.489 e. The van der Waals surface area contributed by atoms with Crippen molar-refractivity contribution in [2.45, 2.75) is 32.9 Å². The van der Waals surface area contributed by atoms with E-state index in [0.717, 1.165) is 22.4 Å². The molecule has 3 rings (SSSR count). The SMILES string of the molecule is CC(C)Oc1ccc(-c2nc3ccccc3n2CCC#N)cc1N. The normalized spacial score (nSPS) is 10.9. The van der Waals surface area contributed by atoms with Crippen LogP contribution in [0.2, 0.25) is 0 Å². The van der Waals surface area contributed by atoms with Gasteiger partial charge >= 0.3 is 0 Å². The molecule has 0 saturated heterocycles. The van der Waals surface area contributed by atoms with Gasteiger partial charge < -0.3 is 15.0 Å². The minimum absolute atomic E-state index is 0.0679. The summed E-state index contributed by atoms with van der Waals surface area (Å²) in [6, 6.07) is 15.8. The van der Waals surface area contributed by atoms with Crippen molar-refractivity contribution < 1.29 is 4.74 Å². The van der Waals surface area contributed by atoms with E-state index in [0.29, 0.717) is 24.4 Å². The van der Waals surface area contributed by atoms with E-state index in [1.54, 1.807) is 0 Å². The molecule has 5 heteroatoms. The summed E-state index contributed by atoms with van der Waals surface area (Å²) in [7, 11) is 0. The number of anilines is 1. The van der Waals surface area contributed by atoms with Gasteiger partial charge in [0.15, 0.2) is 0 Å². The third kappa shape index (κ3) is 3.04. The number of fused-ring (bicyclic) bond motifs is 1. The van der Waals surface area contributed by atoms with Gasteiger partial charge in [-0.15, -0.1) is 0 Å². The predicted octanol–water partition coefficient (Wildman–Crippen LogP) is 3.99. The van der Waals surface area contributed by atoms with Crippen LogP contribution in [-0.2, 0) is 6.54 Å². The first-order valence-electron chi connectivity index (χ1n) is 7.99. The molecule has 0 radical (unpaired) electrons. The van der Waals surface area contributed by atoms with E-state index in [-0.39, 0.29) is 6.10 Å². The number of nitrogens with two attached hydrogens (primary N) is 1.